The van der Waals surface area contributed by atoms with E-state index in [0.717, 1.165) is 31.4 Å². The average molecular weight is 532 g/mol. The van der Waals surface area contributed by atoms with Crippen molar-refractivity contribution in [3.63, 3.8) is 0 Å². The van der Waals surface area contributed by atoms with E-state index in [2.05, 4.69) is 28.8 Å². The van der Waals surface area contributed by atoms with E-state index in [0.29, 0.717) is 29.7 Å². The van der Waals surface area contributed by atoms with Gasteiger partial charge in [-0.1, -0.05) is 37.8 Å². The van der Waals surface area contributed by atoms with Crippen LogP contribution in [-0.4, -0.2) is 46.4 Å². The van der Waals surface area contributed by atoms with Gasteiger partial charge in [0.1, 0.15) is 29.5 Å². The molecule has 1 aromatic heterocycles. The minimum Gasteiger partial charge on any atom is -0.508 e. The third kappa shape index (κ3) is 4.61. The minimum absolute atomic E-state index is 0.0105. The van der Waals surface area contributed by atoms with E-state index in [1.165, 1.54) is 12.1 Å². The number of nitrogens with zero attached hydrogens (tertiary/aromatic N) is 3. The zero-order valence-electron chi connectivity index (χ0n) is 21.8. The van der Waals surface area contributed by atoms with E-state index in [1.807, 2.05) is 4.90 Å². The van der Waals surface area contributed by atoms with Gasteiger partial charge < -0.3 is 25.8 Å². The molecule has 2 aliphatic rings. The molecule has 3 aromatic carbocycles. The summed E-state index contributed by atoms with van der Waals surface area (Å²) in [7, 11) is 0. The molecule has 1 aliphatic carbocycles. The highest BCUT2D eigenvalue weighted by molar-refractivity contribution is 6.01. The van der Waals surface area contributed by atoms with Gasteiger partial charge in [0.05, 0.1) is 17.6 Å². The fourth-order valence-corrected chi connectivity index (χ4v) is 5.53. The number of halogens is 2. The molecular weight excluding hydrogens is 500 g/mol. The SMILES string of the molecule is C=C1CN(c2nc(OCC3(N)CCC3)nc3c(F)c(-c4cc(O)cc5ccccc45)c(F)cc23)C[C@@H](CC)N1. The number of anilines is 1. The van der Waals surface area contributed by atoms with E-state index < -0.39 is 17.2 Å². The molecule has 2 fully saturated rings. The number of fused-ring (bicyclic) bond motifs is 2. The third-order valence-corrected chi connectivity index (χ3v) is 7.82. The smallest absolute Gasteiger partial charge is 0.319 e. The highest BCUT2D eigenvalue weighted by atomic mass is 19.1. The molecule has 7 nitrogen and oxygen atoms in total. The maximum absolute atomic E-state index is 16.4. The van der Waals surface area contributed by atoms with E-state index in [4.69, 9.17) is 10.5 Å². The molecule has 0 unspecified atom stereocenters. The van der Waals surface area contributed by atoms with Crippen LogP contribution in [0, 0.1) is 11.6 Å². The van der Waals surface area contributed by atoms with Crippen molar-refractivity contribution < 1.29 is 18.6 Å². The number of rotatable bonds is 6. The van der Waals surface area contributed by atoms with Crippen LogP contribution >= 0.6 is 0 Å². The molecule has 202 valence electrons. The predicted molar refractivity (Wildman–Crippen MR) is 149 cm³/mol. The summed E-state index contributed by atoms with van der Waals surface area (Å²) >= 11 is 0. The zero-order valence-corrected chi connectivity index (χ0v) is 21.8. The number of benzene rings is 3. The summed E-state index contributed by atoms with van der Waals surface area (Å²) in [5, 5.41) is 15.2. The largest absolute Gasteiger partial charge is 0.508 e. The third-order valence-electron chi connectivity index (χ3n) is 7.82. The van der Waals surface area contributed by atoms with Gasteiger partial charge in [-0.15, -0.1) is 0 Å². The molecule has 1 aliphatic heterocycles. The number of phenolic OH excluding ortho intramolecular Hbond substituents is 1. The maximum atomic E-state index is 16.4. The minimum atomic E-state index is -0.846. The Morgan fingerprint density at radius 3 is 2.72 bits per heavy atom. The van der Waals surface area contributed by atoms with Crippen molar-refractivity contribution in [1.82, 2.24) is 15.3 Å². The van der Waals surface area contributed by atoms with Crippen LogP contribution in [-0.2, 0) is 0 Å². The number of nitrogens with one attached hydrogen (secondary N) is 1. The van der Waals surface area contributed by atoms with Crippen molar-refractivity contribution >= 4 is 27.5 Å². The van der Waals surface area contributed by atoms with Crippen LogP contribution < -0.4 is 20.7 Å². The molecule has 1 atom stereocenters. The Balaban J connectivity index is 1.55. The molecule has 9 heteroatoms. The highest BCUT2D eigenvalue weighted by Gasteiger charge is 2.34. The number of hydrogen-bond donors (Lipinski definition) is 3. The molecule has 0 amide bonds. The standard InChI is InChI=1S/C30H31F2N5O2/c1-3-19-15-37(14-17(2)34-19)28-23-13-24(31)25(22-12-20(38)11-18-7-4-5-8-21(18)22)26(32)27(23)35-29(36-28)39-16-30(33)9-6-10-30/h4-5,7-8,11-13,19,34,38H,2-3,6,9-10,14-16,33H2,1H3/t19-/m1/s1. The van der Waals surface area contributed by atoms with Crippen molar-refractivity contribution in [3.8, 4) is 22.9 Å². The summed E-state index contributed by atoms with van der Waals surface area (Å²) in [5.74, 6) is -1.33. The van der Waals surface area contributed by atoms with Crippen molar-refractivity contribution in [2.45, 2.75) is 44.2 Å². The molecule has 1 saturated heterocycles. The van der Waals surface area contributed by atoms with Crippen LogP contribution in [0.4, 0.5) is 14.6 Å². The quantitative estimate of drug-likeness (QED) is 0.307. The van der Waals surface area contributed by atoms with Crippen molar-refractivity contribution in [2.24, 2.45) is 5.73 Å². The van der Waals surface area contributed by atoms with Crippen LogP contribution in [0.2, 0.25) is 0 Å². The van der Waals surface area contributed by atoms with E-state index in [1.54, 1.807) is 30.3 Å². The molecule has 2 heterocycles. The second-order valence-corrected chi connectivity index (χ2v) is 10.7. The van der Waals surface area contributed by atoms with Crippen LogP contribution in [0.5, 0.6) is 11.8 Å². The highest BCUT2D eigenvalue weighted by Crippen LogP contribution is 2.40. The summed E-state index contributed by atoms with van der Waals surface area (Å²) in [6.07, 6.45) is 3.53. The number of hydrogen-bond acceptors (Lipinski definition) is 7. The van der Waals surface area contributed by atoms with E-state index >= 15 is 8.78 Å². The molecule has 0 radical (unpaired) electrons. The Labute approximate surface area is 225 Å². The molecule has 6 rings (SSSR count). The number of ether oxygens (including phenoxy) is 1. The average Bonchev–Trinajstić information content (AvgIpc) is 2.90. The van der Waals surface area contributed by atoms with Crippen LogP contribution in [0.25, 0.3) is 32.8 Å². The van der Waals surface area contributed by atoms with Gasteiger partial charge in [-0.3, -0.25) is 0 Å². The molecule has 0 spiro atoms. The van der Waals surface area contributed by atoms with Crippen LogP contribution in [0.3, 0.4) is 0 Å². The normalized spacial score (nSPS) is 18.7. The summed E-state index contributed by atoms with van der Waals surface area (Å²) in [5.41, 5.74) is 6.60. The lowest BCUT2D eigenvalue weighted by atomic mass is 9.78. The Bertz CT molecular complexity index is 1600. The fourth-order valence-electron chi connectivity index (χ4n) is 5.53. The number of piperazine rings is 1. The second kappa shape index (κ2) is 9.64. The van der Waals surface area contributed by atoms with E-state index in [-0.39, 0.29) is 46.4 Å². The summed E-state index contributed by atoms with van der Waals surface area (Å²) in [6, 6.07) is 11.4. The van der Waals surface area contributed by atoms with Gasteiger partial charge in [0.2, 0.25) is 0 Å². The van der Waals surface area contributed by atoms with Gasteiger partial charge in [0.25, 0.3) is 0 Å². The summed E-state index contributed by atoms with van der Waals surface area (Å²) in [6.45, 7) is 7.35. The summed E-state index contributed by atoms with van der Waals surface area (Å²) < 4.78 is 38.3. The Kier molecular flexibility index (Phi) is 6.26. The van der Waals surface area contributed by atoms with Crippen molar-refractivity contribution in [3.05, 3.63) is 66.4 Å². The van der Waals surface area contributed by atoms with Crippen LogP contribution in [0.15, 0.2) is 54.7 Å². The lowest BCUT2D eigenvalue weighted by Gasteiger charge is -2.37. The van der Waals surface area contributed by atoms with Gasteiger partial charge in [-0.2, -0.15) is 9.97 Å². The topological polar surface area (TPSA) is 96.5 Å². The first-order valence-electron chi connectivity index (χ1n) is 13.3. The Hall–Kier alpha value is -3.98. The van der Waals surface area contributed by atoms with Gasteiger partial charge >= 0.3 is 6.01 Å². The zero-order chi connectivity index (χ0) is 27.3. The molecule has 1 saturated carbocycles. The maximum Gasteiger partial charge on any atom is 0.319 e. The predicted octanol–water partition coefficient (Wildman–Crippen LogP) is 5.40. The molecule has 0 bridgehead atoms. The first-order valence-corrected chi connectivity index (χ1v) is 13.3. The first-order chi connectivity index (χ1) is 18.7. The Morgan fingerprint density at radius 1 is 1.18 bits per heavy atom. The lowest BCUT2D eigenvalue weighted by Crippen LogP contribution is -2.51. The lowest BCUT2D eigenvalue weighted by molar-refractivity contribution is 0.134. The molecule has 4 N–H and O–H groups in total. The van der Waals surface area contributed by atoms with Crippen molar-refractivity contribution in [2.75, 3.05) is 24.6 Å². The van der Waals surface area contributed by atoms with Gasteiger partial charge in [0.15, 0.2) is 5.82 Å². The molecule has 39 heavy (non-hydrogen) atoms. The van der Waals surface area contributed by atoms with Gasteiger partial charge in [0, 0.05) is 23.7 Å². The molecular formula is C30H31F2N5O2. The van der Waals surface area contributed by atoms with Crippen molar-refractivity contribution in [1.29, 1.82) is 0 Å². The number of nitrogens with two attached hydrogens (primary N) is 1. The number of aromatic nitrogens is 2. The fraction of sp³-hybridized carbons (Fsp3) is 0.333. The first kappa shape index (κ1) is 25.3. The van der Waals surface area contributed by atoms with Gasteiger partial charge in [-0.05, 0) is 60.2 Å². The second-order valence-electron chi connectivity index (χ2n) is 10.7. The van der Waals surface area contributed by atoms with Gasteiger partial charge in [-0.25, -0.2) is 8.78 Å². The number of aromatic hydroxyl groups is 1. The molecule has 4 aromatic rings. The summed E-state index contributed by atoms with van der Waals surface area (Å²) in [4.78, 5) is 11.0. The van der Waals surface area contributed by atoms with E-state index in [9.17, 15) is 5.11 Å². The Morgan fingerprint density at radius 2 is 1.97 bits per heavy atom. The van der Waals surface area contributed by atoms with Crippen LogP contribution in [0.1, 0.15) is 32.6 Å². The monoisotopic (exact) mass is 531 g/mol. The number of phenols is 1.